The molecule has 2 heterocycles. The number of fused-ring (bicyclic) bond motifs is 1. The van der Waals surface area contributed by atoms with E-state index >= 15 is 0 Å². The van der Waals surface area contributed by atoms with Crippen LogP contribution in [0.4, 0.5) is 0 Å². The molecule has 3 rings (SSSR count). The highest BCUT2D eigenvalue weighted by atomic mass is 127. The van der Waals surface area contributed by atoms with Crippen molar-refractivity contribution in [3.8, 4) is 0 Å². The summed E-state index contributed by atoms with van der Waals surface area (Å²) in [7, 11) is 1.72. The number of piperidine rings is 1. The van der Waals surface area contributed by atoms with Crippen LogP contribution >= 0.6 is 24.0 Å². The lowest BCUT2D eigenvalue weighted by molar-refractivity contribution is -0.121. The third kappa shape index (κ3) is 7.07. The van der Waals surface area contributed by atoms with Gasteiger partial charge in [0, 0.05) is 51.7 Å². The molecule has 0 aliphatic carbocycles. The van der Waals surface area contributed by atoms with Crippen LogP contribution in [0.2, 0.25) is 0 Å². The van der Waals surface area contributed by atoms with Gasteiger partial charge in [0.25, 0.3) is 0 Å². The number of nitrogens with zero attached hydrogens (tertiary/aromatic N) is 3. The third-order valence-corrected chi connectivity index (χ3v) is 6.60. The molecule has 0 radical (unpaired) electrons. The van der Waals surface area contributed by atoms with Gasteiger partial charge in [-0.15, -0.1) is 24.0 Å². The second kappa shape index (κ2) is 12.0. The highest BCUT2D eigenvalue weighted by molar-refractivity contribution is 14.0. The summed E-state index contributed by atoms with van der Waals surface area (Å²) in [6, 6.07) is 8.80. The molecule has 1 aromatic carbocycles. The van der Waals surface area contributed by atoms with E-state index in [-0.39, 0.29) is 35.4 Å². The first-order valence-electron chi connectivity index (χ1n) is 11.5. The van der Waals surface area contributed by atoms with Crippen molar-refractivity contribution in [2.24, 2.45) is 10.9 Å². The van der Waals surface area contributed by atoms with Gasteiger partial charge in [0.05, 0.1) is 6.54 Å². The fraction of sp³-hybridized carbons (Fsp3) is 0.667. The van der Waals surface area contributed by atoms with Crippen LogP contribution in [0.3, 0.4) is 0 Å². The number of amides is 1. The topological polar surface area (TPSA) is 60.0 Å². The standard InChI is InChI=1S/C24H39N5O.HI/c1-5-26-23(28-13-10-19(11-14-28)16-22(30)25-4)27-18-24(2,3)29-15-12-20-8-6-7-9-21(20)17-29;/h6-9,19H,5,10-18H2,1-4H3,(H,25,30)(H,26,27);1H. The largest absolute Gasteiger partial charge is 0.359 e. The van der Waals surface area contributed by atoms with Crippen LogP contribution in [-0.4, -0.2) is 67.0 Å². The van der Waals surface area contributed by atoms with E-state index in [9.17, 15) is 4.79 Å². The summed E-state index contributed by atoms with van der Waals surface area (Å²) in [6.07, 6.45) is 3.85. The van der Waals surface area contributed by atoms with Gasteiger partial charge in [-0.1, -0.05) is 24.3 Å². The Morgan fingerprint density at radius 2 is 1.84 bits per heavy atom. The van der Waals surface area contributed by atoms with Crippen molar-refractivity contribution >= 4 is 35.8 Å². The molecule has 0 aromatic heterocycles. The minimum Gasteiger partial charge on any atom is -0.359 e. The van der Waals surface area contributed by atoms with E-state index in [4.69, 9.17) is 4.99 Å². The Morgan fingerprint density at radius 3 is 2.48 bits per heavy atom. The maximum atomic E-state index is 11.7. The monoisotopic (exact) mass is 541 g/mol. The zero-order valence-electron chi connectivity index (χ0n) is 19.6. The van der Waals surface area contributed by atoms with Crippen LogP contribution in [0.5, 0.6) is 0 Å². The lowest BCUT2D eigenvalue weighted by Gasteiger charge is -2.41. The molecule has 1 saturated heterocycles. The first kappa shape index (κ1) is 25.9. The first-order valence-corrected chi connectivity index (χ1v) is 11.5. The van der Waals surface area contributed by atoms with Crippen molar-refractivity contribution in [3.63, 3.8) is 0 Å². The molecular formula is C24H40IN5O. The Kier molecular flexibility index (Phi) is 10.1. The maximum absolute atomic E-state index is 11.7. The summed E-state index contributed by atoms with van der Waals surface area (Å²) in [5.74, 6) is 1.65. The Bertz CT molecular complexity index is 743. The van der Waals surface area contributed by atoms with Gasteiger partial charge >= 0.3 is 0 Å². The van der Waals surface area contributed by atoms with E-state index < -0.39 is 0 Å². The van der Waals surface area contributed by atoms with Gasteiger partial charge in [-0.2, -0.15) is 0 Å². The molecule has 174 valence electrons. The first-order chi connectivity index (χ1) is 14.4. The van der Waals surface area contributed by atoms with Crippen LogP contribution in [0.25, 0.3) is 0 Å². The number of halogens is 1. The van der Waals surface area contributed by atoms with Crippen molar-refractivity contribution in [1.29, 1.82) is 0 Å². The molecule has 31 heavy (non-hydrogen) atoms. The van der Waals surface area contributed by atoms with E-state index in [1.54, 1.807) is 7.05 Å². The molecule has 1 aromatic rings. The van der Waals surface area contributed by atoms with Crippen molar-refractivity contribution in [1.82, 2.24) is 20.4 Å². The van der Waals surface area contributed by atoms with Crippen LogP contribution in [0, 0.1) is 5.92 Å². The molecule has 1 fully saturated rings. The second-order valence-corrected chi connectivity index (χ2v) is 9.23. The molecule has 7 heteroatoms. The molecule has 1 amide bonds. The van der Waals surface area contributed by atoms with Crippen molar-refractivity contribution in [2.75, 3.05) is 39.8 Å². The fourth-order valence-electron chi connectivity index (χ4n) is 4.52. The highest BCUT2D eigenvalue weighted by Gasteiger charge is 2.30. The summed E-state index contributed by atoms with van der Waals surface area (Å²) < 4.78 is 0. The number of rotatable bonds is 6. The number of aliphatic imine (C=N–C) groups is 1. The van der Waals surface area contributed by atoms with Gasteiger partial charge in [0.1, 0.15) is 0 Å². The number of nitrogens with one attached hydrogen (secondary N) is 2. The number of carbonyl (C=O) groups is 1. The van der Waals surface area contributed by atoms with E-state index in [1.165, 1.54) is 11.1 Å². The highest BCUT2D eigenvalue weighted by Crippen LogP contribution is 2.26. The van der Waals surface area contributed by atoms with Crippen LogP contribution in [0.1, 0.15) is 51.2 Å². The Balaban J connectivity index is 0.00000341. The van der Waals surface area contributed by atoms with Crippen LogP contribution in [-0.2, 0) is 17.8 Å². The second-order valence-electron chi connectivity index (χ2n) is 9.23. The van der Waals surface area contributed by atoms with E-state index in [1.807, 2.05) is 0 Å². The number of carbonyl (C=O) groups excluding carboxylic acids is 1. The van der Waals surface area contributed by atoms with Crippen molar-refractivity contribution < 1.29 is 4.79 Å². The summed E-state index contributed by atoms with van der Waals surface area (Å²) in [6.45, 7) is 12.4. The molecule has 0 bridgehead atoms. The predicted octanol–water partition coefficient (Wildman–Crippen LogP) is 3.25. The average Bonchev–Trinajstić information content (AvgIpc) is 2.76. The summed E-state index contributed by atoms with van der Waals surface area (Å²) in [5.41, 5.74) is 2.94. The van der Waals surface area contributed by atoms with E-state index in [0.29, 0.717) is 12.3 Å². The Hall–Kier alpha value is -1.35. The third-order valence-electron chi connectivity index (χ3n) is 6.60. The molecular weight excluding hydrogens is 501 g/mol. The number of likely N-dealkylation sites (tertiary alicyclic amines) is 1. The molecule has 0 saturated carbocycles. The number of benzene rings is 1. The SMILES string of the molecule is CCNC(=NCC(C)(C)N1CCc2ccccc2C1)N1CCC(CC(=O)NC)CC1.I. The molecule has 0 atom stereocenters. The van der Waals surface area contributed by atoms with E-state index in [2.05, 4.69) is 65.5 Å². The van der Waals surface area contributed by atoms with Gasteiger partial charge in [0.2, 0.25) is 5.91 Å². The Morgan fingerprint density at radius 1 is 1.16 bits per heavy atom. The zero-order chi connectivity index (χ0) is 21.6. The summed E-state index contributed by atoms with van der Waals surface area (Å²) in [5, 5.41) is 6.24. The molecule has 0 spiro atoms. The smallest absolute Gasteiger partial charge is 0.220 e. The normalized spacial score (nSPS) is 18.2. The van der Waals surface area contributed by atoms with Gasteiger partial charge in [0.15, 0.2) is 5.96 Å². The van der Waals surface area contributed by atoms with Gasteiger partial charge in [-0.25, -0.2) is 0 Å². The Labute approximate surface area is 205 Å². The van der Waals surface area contributed by atoms with Gasteiger partial charge in [-0.3, -0.25) is 14.7 Å². The summed E-state index contributed by atoms with van der Waals surface area (Å²) in [4.78, 5) is 21.7. The average molecular weight is 542 g/mol. The number of hydrogen-bond donors (Lipinski definition) is 2. The van der Waals surface area contributed by atoms with Crippen molar-refractivity contribution in [2.45, 2.75) is 58.5 Å². The van der Waals surface area contributed by atoms with E-state index in [0.717, 1.165) is 64.5 Å². The lowest BCUT2D eigenvalue weighted by atomic mass is 9.93. The molecule has 0 unspecified atom stereocenters. The number of guanidine groups is 1. The minimum atomic E-state index is 0. The molecule has 2 aliphatic heterocycles. The molecule has 2 N–H and O–H groups in total. The maximum Gasteiger partial charge on any atom is 0.220 e. The minimum absolute atomic E-state index is 0. The van der Waals surface area contributed by atoms with Crippen LogP contribution < -0.4 is 10.6 Å². The van der Waals surface area contributed by atoms with Gasteiger partial charge in [-0.05, 0) is 57.1 Å². The van der Waals surface area contributed by atoms with Crippen LogP contribution in [0.15, 0.2) is 29.3 Å². The fourth-order valence-corrected chi connectivity index (χ4v) is 4.52. The molecule has 6 nitrogen and oxygen atoms in total. The number of hydrogen-bond acceptors (Lipinski definition) is 3. The molecule has 2 aliphatic rings. The zero-order valence-corrected chi connectivity index (χ0v) is 21.9. The van der Waals surface area contributed by atoms with Gasteiger partial charge < -0.3 is 15.5 Å². The lowest BCUT2D eigenvalue weighted by Crippen LogP contribution is -2.50. The quantitative estimate of drug-likeness (QED) is 0.330. The van der Waals surface area contributed by atoms with Crippen molar-refractivity contribution in [3.05, 3.63) is 35.4 Å². The predicted molar refractivity (Wildman–Crippen MR) is 139 cm³/mol. The summed E-state index contributed by atoms with van der Waals surface area (Å²) >= 11 is 0.